The van der Waals surface area contributed by atoms with Crippen LogP contribution in [0.15, 0.2) is 42.5 Å². The van der Waals surface area contributed by atoms with Gasteiger partial charge in [0.15, 0.2) is 0 Å². The molecular weight excluding hydrogens is 298 g/mol. The minimum Gasteiger partial charge on any atom is -0.496 e. The summed E-state index contributed by atoms with van der Waals surface area (Å²) in [4.78, 5) is 14.6. The van der Waals surface area contributed by atoms with Gasteiger partial charge in [-0.15, -0.1) is 0 Å². The average molecular weight is 316 g/mol. The van der Waals surface area contributed by atoms with E-state index in [4.69, 9.17) is 16.3 Å². The largest absolute Gasteiger partial charge is 0.496 e. The quantitative estimate of drug-likeness (QED) is 0.852. The fourth-order valence-electron chi connectivity index (χ4n) is 3.12. The number of anilines is 1. The number of amides is 1. The molecule has 0 bridgehead atoms. The fourth-order valence-corrected chi connectivity index (χ4v) is 3.31. The van der Waals surface area contributed by atoms with E-state index >= 15 is 0 Å². The van der Waals surface area contributed by atoms with Crippen LogP contribution in [0.2, 0.25) is 5.02 Å². The molecule has 0 aromatic heterocycles. The minimum absolute atomic E-state index is 0.144. The Hall–Kier alpha value is -2.00. The number of carbonyl (C=O) groups excluding carboxylic acids is 1. The van der Waals surface area contributed by atoms with Gasteiger partial charge in [0.1, 0.15) is 5.75 Å². The molecule has 4 heteroatoms. The molecular formula is C18H18ClNO2. The highest BCUT2D eigenvalue weighted by atomic mass is 35.5. The van der Waals surface area contributed by atoms with Crippen LogP contribution < -0.4 is 9.64 Å². The Bertz CT molecular complexity index is 714. The lowest BCUT2D eigenvalue weighted by atomic mass is 9.93. The third-order valence-electron chi connectivity index (χ3n) is 4.15. The van der Waals surface area contributed by atoms with Gasteiger partial charge in [-0.05, 0) is 48.7 Å². The molecule has 3 nitrogen and oxygen atoms in total. The van der Waals surface area contributed by atoms with Crippen LogP contribution in [0, 0.1) is 0 Å². The molecule has 2 aromatic rings. The smallest absolute Gasteiger partial charge is 0.234 e. The molecule has 1 aliphatic rings. The molecule has 0 radical (unpaired) electrons. The van der Waals surface area contributed by atoms with Gasteiger partial charge in [0.05, 0.1) is 13.0 Å². The van der Waals surface area contributed by atoms with Crippen LogP contribution in [-0.2, 0) is 11.2 Å². The first-order valence-electron chi connectivity index (χ1n) is 7.38. The molecule has 0 unspecified atom stereocenters. The Morgan fingerprint density at radius 3 is 2.73 bits per heavy atom. The first-order valence-corrected chi connectivity index (χ1v) is 7.76. The van der Waals surface area contributed by atoms with Gasteiger partial charge in [-0.1, -0.05) is 29.8 Å². The van der Waals surface area contributed by atoms with Crippen LogP contribution in [0.3, 0.4) is 0 Å². The molecule has 0 N–H and O–H groups in total. The van der Waals surface area contributed by atoms with E-state index in [0.717, 1.165) is 22.6 Å². The van der Waals surface area contributed by atoms with Gasteiger partial charge in [-0.3, -0.25) is 4.79 Å². The summed E-state index contributed by atoms with van der Waals surface area (Å²) in [5, 5.41) is 0.655. The first kappa shape index (κ1) is 14.9. The van der Waals surface area contributed by atoms with E-state index in [0.29, 0.717) is 18.0 Å². The second-order valence-corrected chi connectivity index (χ2v) is 5.79. The molecule has 114 valence electrons. The normalized spacial score (nSPS) is 16.8. The SMILES string of the molecule is CCN1C(=O)[C@H](Cc2cc(Cl)ccc2OC)c2ccccc21. The molecule has 0 saturated heterocycles. The lowest BCUT2D eigenvalue weighted by Crippen LogP contribution is -2.29. The fraction of sp³-hybridized carbons (Fsp3) is 0.278. The first-order chi connectivity index (χ1) is 10.7. The van der Waals surface area contributed by atoms with E-state index in [2.05, 4.69) is 0 Å². The van der Waals surface area contributed by atoms with Gasteiger partial charge >= 0.3 is 0 Å². The van der Waals surface area contributed by atoms with E-state index in [1.165, 1.54) is 0 Å². The maximum atomic E-state index is 12.7. The van der Waals surface area contributed by atoms with Crippen LogP contribution in [0.1, 0.15) is 24.0 Å². The van der Waals surface area contributed by atoms with Crippen LogP contribution in [0.4, 0.5) is 5.69 Å². The molecule has 0 spiro atoms. The molecule has 2 aromatic carbocycles. The molecule has 0 saturated carbocycles. The second kappa shape index (κ2) is 6.01. The van der Waals surface area contributed by atoms with Crippen LogP contribution >= 0.6 is 11.6 Å². The maximum absolute atomic E-state index is 12.7. The van der Waals surface area contributed by atoms with Crippen LogP contribution in [0.5, 0.6) is 5.75 Å². The van der Waals surface area contributed by atoms with Gasteiger partial charge in [0.25, 0.3) is 0 Å². The number of halogens is 1. The third kappa shape index (κ3) is 2.46. The number of nitrogens with zero attached hydrogens (tertiary/aromatic N) is 1. The van der Waals surface area contributed by atoms with Gasteiger partial charge in [0, 0.05) is 17.3 Å². The summed E-state index contributed by atoms with van der Waals surface area (Å²) >= 11 is 6.10. The molecule has 1 aliphatic heterocycles. The highest BCUT2D eigenvalue weighted by molar-refractivity contribution is 6.30. The summed E-state index contributed by atoms with van der Waals surface area (Å²) < 4.78 is 5.40. The minimum atomic E-state index is -0.177. The van der Waals surface area contributed by atoms with Gasteiger partial charge < -0.3 is 9.64 Å². The zero-order chi connectivity index (χ0) is 15.7. The third-order valence-corrected chi connectivity index (χ3v) is 4.38. The van der Waals surface area contributed by atoms with Crippen molar-refractivity contribution in [2.45, 2.75) is 19.3 Å². The number of methoxy groups -OCH3 is 1. The number of likely N-dealkylation sites (N-methyl/N-ethyl adjacent to an activating group) is 1. The van der Waals surface area contributed by atoms with Crippen molar-refractivity contribution in [2.24, 2.45) is 0 Å². The summed E-state index contributed by atoms with van der Waals surface area (Å²) in [6.45, 7) is 2.68. The Labute approximate surface area is 135 Å². The van der Waals surface area contributed by atoms with Gasteiger partial charge in [0.2, 0.25) is 5.91 Å². The number of para-hydroxylation sites is 1. The summed E-state index contributed by atoms with van der Waals surface area (Å²) in [7, 11) is 1.63. The Morgan fingerprint density at radius 1 is 1.23 bits per heavy atom. The van der Waals surface area contributed by atoms with Crippen molar-refractivity contribution in [3.05, 3.63) is 58.6 Å². The molecule has 1 amide bonds. The second-order valence-electron chi connectivity index (χ2n) is 5.35. The number of hydrogen-bond acceptors (Lipinski definition) is 2. The lowest BCUT2D eigenvalue weighted by molar-refractivity contribution is -0.119. The highest BCUT2D eigenvalue weighted by Crippen LogP contribution is 2.40. The molecule has 1 heterocycles. The summed E-state index contributed by atoms with van der Waals surface area (Å²) in [6, 6.07) is 13.5. The number of benzene rings is 2. The zero-order valence-corrected chi connectivity index (χ0v) is 13.4. The monoisotopic (exact) mass is 315 g/mol. The molecule has 22 heavy (non-hydrogen) atoms. The van der Waals surface area contributed by atoms with Crippen molar-refractivity contribution in [1.29, 1.82) is 0 Å². The van der Waals surface area contributed by atoms with Crippen LogP contribution in [0.25, 0.3) is 0 Å². The van der Waals surface area contributed by atoms with E-state index in [-0.39, 0.29) is 11.8 Å². The number of ether oxygens (including phenoxy) is 1. The summed E-state index contributed by atoms with van der Waals surface area (Å²) in [6.07, 6.45) is 0.593. The van der Waals surface area contributed by atoms with Gasteiger partial charge in [-0.25, -0.2) is 0 Å². The predicted molar refractivity (Wildman–Crippen MR) is 88.9 cm³/mol. The standard InChI is InChI=1S/C18H18ClNO2/c1-3-20-16-7-5-4-6-14(16)15(18(20)21)11-12-10-13(19)8-9-17(12)22-2/h4-10,15H,3,11H2,1-2H3/t15-/m1/s1. The predicted octanol–water partition coefficient (Wildman–Crippen LogP) is 4.04. The van der Waals surface area contributed by atoms with Crippen molar-refractivity contribution in [3.8, 4) is 5.75 Å². The number of carbonyl (C=O) groups is 1. The molecule has 0 fully saturated rings. The zero-order valence-electron chi connectivity index (χ0n) is 12.7. The van der Waals surface area contributed by atoms with Crippen molar-refractivity contribution >= 4 is 23.2 Å². The number of rotatable bonds is 4. The van der Waals surface area contributed by atoms with Crippen molar-refractivity contribution in [3.63, 3.8) is 0 Å². The number of fused-ring (bicyclic) bond motifs is 1. The average Bonchev–Trinajstić information content (AvgIpc) is 2.80. The number of hydrogen-bond donors (Lipinski definition) is 0. The van der Waals surface area contributed by atoms with E-state index in [9.17, 15) is 4.79 Å². The molecule has 1 atom stereocenters. The summed E-state index contributed by atoms with van der Waals surface area (Å²) in [5.41, 5.74) is 3.05. The Kier molecular flexibility index (Phi) is 4.08. The van der Waals surface area contributed by atoms with Crippen LogP contribution in [-0.4, -0.2) is 19.6 Å². The highest BCUT2D eigenvalue weighted by Gasteiger charge is 2.36. The van der Waals surface area contributed by atoms with E-state index < -0.39 is 0 Å². The van der Waals surface area contributed by atoms with E-state index in [1.54, 1.807) is 13.2 Å². The molecule has 3 rings (SSSR count). The van der Waals surface area contributed by atoms with Crippen molar-refractivity contribution in [2.75, 3.05) is 18.6 Å². The maximum Gasteiger partial charge on any atom is 0.234 e. The Balaban J connectivity index is 1.99. The van der Waals surface area contributed by atoms with Crippen molar-refractivity contribution in [1.82, 2.24) is 0 Å². The lowest BCUT2D eigenvalue weighted by Gasteiger charge is -2.16. The topological polar surface area (TPSA) is 29.5 Å². The Morgan fingerprint density at radius 2 is 2.00 bits per heavy atom. The summed E-state index contributed by atoms with van der Waals surface area (Å²) in [5.74, 6) is 0.735. The van der Waals surface area contributed by atoms with E-state index in [1.807, 2.05) is 48.2 Å². The van der Waals surface area contributed by atoms with Crippen molar-refractivity contribution < 1.29 is 9.53 Å². The van der Waals surface area contributed by atoms with Gasteiger partial charge in [-0.2, -0.15) is 0 Å². The molecule has 0 aliphatic carbocycles.